The van der Waals surface area contributed by atoms with Crippen molar-refractivity contribution >= 4 is 40.7 Å². The van der Waals surface area contributed by atoms with Crippen molar-refractivity contribution in [2.75, 3.05) is 23.4 Å². The van der Waals surface area contributed by atoms with Gasteiger partial charge >= 0.3 is 0 Å². The molecular weight excluding hydrogens is 322 g/mol. The Labute approximate surface area is 142 Å². The molecule has 9 nitrogen and oxygen atoms in total. The lowest BCUT2D eigenvalue weighted by Gasteiger charge is -2.19. The lowest BCUT2D eigenvalue weighted by atomic mass is 10.1. The Morgan fingerprint density at radius 1 is 1.24 bits per heavy atom. The minimum Gasteiger partial charge on any atom is -0.382 e. The summed E-state index contributed by atoms with van der Waals surface area (Å²) in [7, 11) is 1.83. The van der Waals surface area contributed by atoms with E-state index in [4.69, 9.17) is 11.5 Å². The maximum atomic E-state index is 11.5. The molecule has 2 aromatic heterocycles. The maximum absolute atomic E-state index is 11.5. The lowest BCUT2D eigenvalue weighted by molar-refractivity contribution is -0.104. The first-order valence-electron chi connectivity index (χ1n) is 7.33. The van der Waals surface area contributed by atoms with Crippen molar-refractivity contribution in [3.63, 3.8) is 0 Å². The number of carbonyl (C=O) groups is 2. The fourth-order valence-electron chi connectivity index (χ4n) is 2.36. The van der Waals surface area contributed by atoms with Gasteiger partial charge in [0.05, 0.1) is 18.4 Å². The maximum Gasteiger partial charge on any atom is 0.225 e. The predicted molar refractivity (Wildman–Crippen MR) is 92.9 cm³/mol. The monoisotopic (exact) mass is 337 g/mol. The fourth-order valence-corrected chi connectivity index (χ4v) is 2.36. The molecule has 0 aliphatic heterocycles. The summed E-state index contributed by atoms with van der Waals surface area (Å²) in [6, 6.07) is 6.77. The van der Waals surface area contributed by atoms with Gasteiger partial charge in [0.2, 0.25) is 11.7 Å². The number of hydrogen-bond donors (Lipinski definition) is 2. The molecule has 0 saturated heterocycles. The van der Waals surface area contributed by atoms with Crippen LogP contribution in [0.2, 0.25) is 0 Å². The molecule has 1 aromatic carbocycles. The number of ketones is 1. The van der Waals surface area contributed by atoms with E-state index in [-0.39, 0.29) is 11.8 Å². The third-order valence-corrected chi connectivity index (χ3v) is 3.58. The summed E-state index contributed by atoms with van der Waals surface area (Å²) < 4.78 is 0. The predicted octanol–water partition coefficient (Wildman–Crippen LogP) is 0.602. The van der Waals surface area contributed by atoms with Gasteiger partial charge in [-0.15, -0.1) is 0 Å². The van der Waals surface area contributed by atoms with E-state index in [1.165, 1.54) is 0 Å². The molecule has 0 aliphatic rings. The van der Waals surface area contributed by atoms with Crippen LogP contribution in [0.5, 0.6) is 0 Å². The van der Waals surface area contributed by atoms with Crippen LogP contribution in [-0.2, 0) is 11.3 Å². The van der Waals surface area contributed by atoms with Crippen LogP contribution in [-0.4, -0.2) is 39.1 Å². The molecule has 0 amide bonds. The zero-order chi connectivity index (χ0) is 18.0. The van der Waals surface area contributed by atoms with E-state index in [9.17, 15) is 9.59 Å². The summed E-state index contributed by atoms with van der Waals surface area (Å²) >= 11 is 0. The number of nitrogens with zero attached hydrogens (tertiary/aromatic N) is 5. The minimum atomic E-state index is -0.566. The Morgan fingerprint density at radius 3 is 2.80 bits per heavy atom. The quantitative estimate of drug-likeness (QED) is 0.389. The van der Waals surface area contributed by atoms with E-state index >= 15 is 0 Å². The van der Waals surface area contributed by atoms with Gasteiger partial charge in [0.15, 0.2) is 23.3 Å². The number of nitrogens with two attached hydrogens (primary N) is 2. The van der Waals surface area contributed by atoms with Crippen LogP contribution in [0.25, 0.3) is 11.2 Å². The van der Waals surface area contributed by atoms with Crippen LogP contribution in [0.3, 0.4) is 0 Å². The Balaban J connectivity index is 1.88. The van der Waals surface area contributed by atoms with Gasteiger partial charge in [0.1, 0.15) is 0 Å². The molecule has 126 valence electrons. The van der Waals surface area contributed by atoms with E-state index in [2.05, 4.69) is 19.9 Å². The third kappa shape index (κ3) is 3.34. The van der Waals surface area contributed by atoms with E-state index < -0.39 is 5.78 Å². The molecular formula is C16H15N7O2. The number of hydrogen-bond acceptors (Lipinski definition) is 9. The van der Waals surface area contributed by atoms with Gasteiger partial charge in [-0.05, 0) is 12.1 Å². The Kier molecular flexibility index (Phi) is 4.21. The van der Waals surface area contributed by atoms with Crippen molar-refractivity contribution in [1.82, 2.24) is 19.9 Å². The lowest BCUT2D eigenvalue weighted by Crippen LogP contribution is -2.18. The van der Waals surface area contributed by atoms with Gasteiger partial charge in [0, 0.05) is 18.3 Å². The van der Waals surface area contributed by atoms with Crippen LogP contribution in [0.15, 0.2) is 30.5 Å². The molecule has 0 bridgehead atoms. The minimum absolute atomic E-state index is 0.0424. The molecule has 0 aliphatic carbocycles. The van der Waals surface area contributed by atoms with E-state index in [0.717, 1.165) is 5.69 Å². The molecule has 4 N–H and O–H groups in total. The molecule has 0 atom stereocenters. The number of carbonyl (C=O) groups excluding carboxylic acids is 2. The molecule has 9 heteroatoms. The summed E-state index contributed by atoms with van der Waals surface area (Å²) in [5.41, 5.74) is 13.8. The van der Waals surface area contributed by atoms with Crippen molar-refractivity contribution in [2.24, 2.45) is 0 Å². The van der Waals surface area contributed by atoms with Crippen LogP contribution < -0.4 is 16.4 Å². The summed E-state index contributed by atoms with van der Waals surface area (Å²) in [6.07, 6.45) is 1.87. The summed E-state index contributed by atoms with van der Waals surface area (Å²) in [5, 5.41) is 0. The molecule has 0 radical (unpaired) electrons. The zero-order valence-electron chi connectivity index (χ0n) is 13.4. The fraction of sp³-hybridized carbons (Fsp3) is 0.125. The van der Waals surface area contributed by atoms with E-state index in [1.807, 2.05) is 18.0 Å². The number of anilines is 3. The van der Waals surface area contributed by atoms with Gasteiger partial charge in [-0.2, -0.15) is 9.97 Å². The molecule has 25 heavy (non-hydrogen) atoms. The molecule has 0 spiro atoms. The topological polar surface area (TPSA) is 141 Å². The number of benzene rings is 1. The van der Waals surface area contributed by atoms with Gasteiger partial charge < -0.3 is 16.4 Å². The highest BCUT2D eigenvalue weighted by Gasteiger charge is 2.11. The van der Waals surface area contributed by atoms with Crippen LogP contribution in [0, 0.1) is 0 Å². The average molecular weight is 337 g/mol. The highest BCUT2D eigenvalue weighted by Crippen LogP contribution is 2.19. The highest BCUT2D eigenvalue weighted by atomic mass is 16.2. The number of nitrogen functional groups attached to an aromatic ring is 2. The Hall–Kier alpha value is -3.62. The SMILES string of the molecule is CN(Cc1cnc2nc(N)nc(N)c2n1)c1cccc(C(=O)C=O)c1. The van der Waals surface area contributed by atoms with Crippen LogP contribution >= 0.6 is 0 Å². The van der Waals surface area contributed by atoms with Gasteiger partial charge in [-0.25, -0.2) is 9.97 Å². The van der Waals surface area contributed by atoms with Crippen LogP contribution in [0.1, 0.15) is 16.1 Å². The third-order valence-electron chi connectivity index (χ3n) is 3.58. The van der Waals surface area contributed by atoms with Gasteiger partial charge in [0.25, 0.3) is 0 Å². The summed E-state index contributed by atoms with van der Waals surface area (Å²) in [4.78, 5) is 40.5. The average Bonchev–Trinajstić information content (AvgIpc) is 2.61. The molecule has 0 fully saturated rings. The largest absolute Gasteiger partial charge is 0.382 e. The second-order valence-electron chi connectivity index (χ2n) is 5.39. The van der Waals surface area contributed by atoms with Crippen LogP contribution in [0.4, 0.5) is 17.5 Å². The van der Waals surface area contributed by atoms with Gasteiger partial charge in [-0.3, -0.25) is 9.59 Å². The molecule has 3 aromatic rings. The summed E-state index contributed by atoms with van der Waals surface area (Å²) in [5.74, 6) is -0.359. The van der Waals surface area contributed by atoms with E-state index in [1.54, 1.807) is 24.4 Å². The number of fused-ring (bicyclic) bond motifs is 1. The molecule has 0 unspecified atom stereocenters. The Morgan fingerprint density at radius 2 is 2.04 bits per heavy atom. The Bertz CT molecular complexity index is 974. The first-order valence-corrected chi connectivity index (χ1v) is 7.33. The number of aldehydes is 1. The van der Waals surface area contributed by atoms with Crippen molar-refractivity contribution in [3.05, 3.63) is 41.7 Å². The second-order valence-corrected chi connectivity index (χ2v) is 5.39. The van der Waals surface area contributed by atoms with Crippen molar-refractivity contribution < 1.29 is 9.59 Å². The van der Waals surface area contributed by atoms with Gasteiger partial charge in [-0.1, -0.05) is 12.1 Å². The second kappa shape index (κ2) is 6.48. The number of Topliss-reactive ketones (excluding diaryl/α,β-unsaturated/α-hetero) is 1. The van der Waals surface area contributed by atoms with E-state index in [0.29, 0.717) is 35.3 Å². The smallest absolute Gasteiger partial charge is 0.225 e. The molecule has 0 saturated carbocycles. The van der Waals surface area contributed by atoms with Crippen molar-refractivity contribution in [2.45, 2.75) is 6.54 Å². The first-order chi connectivity index (χ1) is 12.0. The first kappa shape index (κ1) is 16.2. The zero-order valence-corrected chi connectivity index (χ0v) is 13.4. The standard InChI is InChI=1S/C16H15N7O2/c1-23(11-4-2-3-9(5-11)12(25)8-24)7-10-6-19-15-13(20-10)14(17)21-16(18)22-15/h2-6,8H,7H2,1H3,(H4,17,18,19,21,22). The molecule has 2 heterocycles. The van der Waals surface area contributed by atoms with Crippen molar-refractivity contribution in [1.29, 1.82) is 0 Å². The molecule has 3 rings (SSSR count). The summed E-state index contributed by atoms with van der Waals surface area (Å²) in [6.45, 7) is 0.408. The normalized spacial score (nSPS) is 10.6. The highest BCUT2D eigenvalue weighted by molar-refractivity contribution is 6.33. The number of rotatable bonds is 5. The number of aromatic nitrogens is 4. The van der Waals surface area contributed by atoms with Crippen molar-refractivity contribution in [3.8, 4) is 0 Å².